The average molecular weight is 276 g/mol. The second-order valence-corrected chi connectivity index (χ2v) is 5.62. The molecule has 0 unspecified atom stereocenters. The molecule has 19 heavy (non-hydrogen) atoms. The van der Waals surface area contributed by atoms with Gasteiger partial charge in [-0.1, -0.05) is 36.4 Å². The zero-order valence-electron chi connectivity index (χ0n) is 12.1. The summed E-state index contributed by atoms with van der Waals surface area (Å²) in [6.45, 7) is 4.16. The molecule has 2 heteroatoms. The summed E-state index contributed by atoms with van der Waals surface area (Å²) in [5, 5.41) is 0.519. The van der Waals surface area contributed by atoms with E-state index in [0.29, 0.717) is 5.25 Å². The van der Waals surface area contributed by atoms with Crippen LogP contribution in [0.4, 0.5) is 0 Å². The molecule has 0 spiro atoms. The highest BCUT2D eigenvalue weighted by atomic mass is 32.2. The molecule has 0 N–H and O–H groups in total. The molecule has 0 aliphatic carbocycles. The van der Waals surface area contributed by atoms with E-state index in [2.05, 4.69) is 50.3 Å². The topological polar surface area (TPSA) is 9.23 Å². The minimum atomic E-state index is 0.519. The summed E-state index contributed by atoms with van der Waals surface area (Å²) in [6, 6.07) is 8.37. The molecule has 104 valence electrons. The van der Waals surface area contributed by atoms with E-state index in [1.165, 1.54) is 17.7 Å². The maximum Gasteiger partial charge on any atom is 0.118 e. The van der Waals surface area contributed by atoms with Gasteiger partial charge in [-0.15, -0.1) is 0 Å². The first-order chi connectivity index (χ1) is 9.30. The highest BCUT2D eigenvalue weighted by Crippen LogP contribution is 2.18. The second-order valence-electron chi connectivity index (χ2n) is 4.34. The van der Waals surface area contributed by atoms with E-state index >= 15 is 0 Å². The van der Waals surface area contributed by atoms with Crippen LogP contribution < -0.4 is 4.74 Å². The summed E-state index contributed by atoms with van der Waals surface area (Å²) in [5.41, 5.74) is 1.38. The molecule has 1 aromatic carbocycles. The van der Waals surface area contributed by atoms with Crippen LogP contribution >= 0.6 is 11.8 Å². The molecule has 1 rings (SSSR count). The lowest BCUT2D eigenvalue weighted by Gasteiger charge is -2.08. The molecular weight excluding hydrogens is 252 g/mol. The highest BCUT2D eigenvalue weighted by molar-refractivity contribution is 8.00. The third-order valence-electron chi connectivity index (χ3n) is 2.84. The zero-order chi connectivity index (χ0) is 13.9. The van der Waals surface area contributed by atoms with Crippen LogP contribution in [0.25, 0.3) is 0 Å². The molecule has 0 amide bonds. The van der Waals surface area contributed by atoms with E-state index in [1.807, 2.05) is 23.9 Å². The lowest BCUT2D eigenvalue weighted by atomic mass is 10.1. The normalized spacial score (nSPS) is 11.8. The molecule has 0 saturated heterocycles. The summed E-state index contributed by atoms with van der Waals surface area (Å²) in [6.07, 6.45) is 11.1. The van der Waals surface area contributed by atoms with Gasteiger partial charge in [0.15, 0.2) is 0 Å². The average Bonchev–Trinajstić information content (AvgIpc) is 2.44. The molecule has 0 aliphatic heterocycles. The fraction of sp³-hybridized carbons (Fsp3) is 0.412. The number of aryl methyl sites for hydroxylation is 1. The van der Waals surface area contributed by atoms with E-state index in [-0.39, 0.29) is 0 Å². The maximum atomic E-state index is 5.16. The monoisotopic (exact) mass is 276 g/mol. The first kappa shape index (κ1) is 15.9. The van der Waals surface area contributed by atoms with Crippen molar-refractivity contribution in [3.63, 3.8) is 0 Å². The molecule has 0 fully saturated rings. The van der Waals surface area contributed by atoms with Gasteiger partial charge in [-0.05, 0) is 50.1 Å². The van der Waals surface area contributed by atoms with Gasteiger partial charge in [0.1, 0.15) is 5.75 Å². The van der Waals surface area contributed by atoms with Gasteiger partial charge in [0.2, 0.25) is 0 Å². The molecule has 0 saturated carbocycles. The van der Waals surface area contributed by atoms with Crippen molar-refractivity contribution < 1.29 is 4.74 Å². The fourth-order valence-corrected chi connectivity index (χ4v) is 2.96. The molecule has 0 radical (unpaired) electrons. The Kier molecular flexibility index (Phi) is 8.15. The quantitative estimate of drug-likeness (QED) is 0.494. The Balaban J connectivity index is 2.29. The first-order valence-electron chi connectivity index (χ1n) is 6.80. The van der Waals surface area contributed by atoms with E-state index in [0.717, 1.165) is 12.2 Å². The van der Waals surface area contributed by atoms with E-state index in [4.69, 9.17) is 4.74 Å². The maximum absolute atomic E-state index is 5.16. The summed E-state index contributed by atoms with van der Waals surface area (Å²) < 4.78 is 5.16. The van der Waals surface area contributed by atoms with Crippen LogP contribution in [-0.4, -0.2) is 18.1 Å². The molecule has 0 heterocycles. The number of benzene rings is 1. The van der Waals surface area contributed by atoms with Gasteiger partial charge in [-0.2, -0.15) is 11.8 Å². The Labute approximate surface area is 121 Å². The van der Waals surface area contributed by atoms with Crippen LogP contribution in [0.3, 0.4) is 0 Å². The van der Waals surface area contributed by atoms with Crippen LogP contribution in [0.2, 0.25) is 0 Å². The summed E-state index contributed by atoms with van der Waals surface area (Å²) in [5.74, 6) is 2.12. The Morgan fingerprint density at radius 2 is 1.74 bits per heavy atom. The van der Waals surface area contributed by atoms with Crippen molar-refractivity contribution in [3.8, 4) is 5.75 Å². The third kappa shape index (κ3) is 6.53. The van der Waals surface area contributed by atoms with Gasteiger partial charge >= 0.3 is 0 Å². The Morgan fingerprint density at radius 1 is 1.11 bits per heavy atom. The fourth-order valence-electron chi connectivity index (χ4n) is 1.84. The van der Waals surface area contributed by atoms with Crippen molar-refractivity contribution >= 4 is 11.8 Å². The lowest BCUT2D eigenvalue weighted by molar-refractivity contribution is 0.414. The van der Waals surface area contributed by atoms with Gasteiger partial charge in [0, 0.05) is 5.25 Å². The van der Waals surface area contributed by atoms with Crippen LogP contribution in [0.5, 0.6) is 5.75 Å². The molecule has 1 aromatic rings. The number of ether oxygens (including phenoxy) is 1. The Morgan fingerprint density at radius 3 is 2.26 bits per heavy atom. The summed E-state index contributed by atoms with van der Waals surface area (Å²) in [7, 11) is 1.70. The van der Waals surface area contributed by atoms with E-state index < -0.39 is 0 Å². The number of rotatable bonds is 8. The first-order valence-corrected chi connectivity index (χ1v) is 7.85. The van der Waals surface area contributed by atoms with Crippen LogP contribution in [0.15, 0.2) is 48.6 Å². The minimum Gasteiger partial charge on any atom is -0.497 e. The predicted octanol–water partition coefficient (Wildman–Crippen LogP) is 4.88. The standard InChI is InChI=1S/C17H24OS/c1-4-7-17(8-5-2)19-14-6-9-15-10-12-16(18-3)13-11-15/h4-5,7-8,10-13,17H,6,9,14H2,1-3H3/b7-4+,8-5+. The van der Waals surface area contributed by atoms with Crippen molar-refractivity contribution in [2.45, 2.75) is 31.9 Å². The Bertz CT molecular complexity index is 380. The van der Waals surface area contributed by atoms with Crippen molar-refractivity contribution in [3.05, 3.63) is 54.1 Å². The van der Waals surface area contributed by atoms with Crippen LogP contribution in [0, 0.1) is 0 Å². The van der Waals surface area contributed by atoms with E-state index in [1.54, 1.807) is 7.11 Å². The molecule has 0 bridgehead atoms. The minimum absolute atomic E-state index is 0.519. The SMILES string of the molecule is C/C=C/C(/C=C/C)SCCCc1ccc(OC)cc1. The predicted molar refractivity (Wildman–Crippen MR) is 87.2 cm³/mol. The third-order valence-corrected chi connectivity index (χ3v) is 4.07. The number of allylic oxidation sites excluding steroid dienone is 2. The molecule has 0 atom stereocenters. The molecule has 0 aliphatic rings. The van der Waals surface area contributed by atoms with Gasteiger partial charge in [-0.3, -0.25) is 0 Å². The van der Waals surface area contributed by atoms with Crippen molar-refractivity contribution in [2.75, 3.05) is 12.9 Å². The zero-order valence-corrected chi connectivity index (χ0v) is 13.0. The number of hydrogen-bond acceptors (Lipinski definition) is 2. The van der Waals surface area contributed by atoms with Crippen molar-refractivity contribution in [2.24, 2.45) is 0 Å². The van der Waals surface area contributed by atoms with Gasteiger partial charge in [0.25, 0.3) is 0 Å². The number of thioether (sulfide) groups is 1. The van der Waals surface area contributed by atoms with Gasteiger partial charge in [0.05, 0.1) is 7.11 Å². The highest BCUT2D eigenvalue weighted by Gasteiger charge is 2.00. The van der Waals surface area contributed by atoms with E-state index in [9.17, 15) is 0 Å². The summed E-state index contributed by atoms with van der Waals surface area (Å²) >= 11 is 2.00. The largest absolute Gasteiger partial charge is 0.497 e. The smallest absolute Gasteiger partial charge is 0.118 e. The van der Waals surface area contributed by atoms with Crippen LogP contribution in [0.1, 0.15) is 25.8 Å². The second kappa shape index (κ2) is 9.74. The van der Waals surface area contributed by atoms with Crippen LogP contribution in [-0.2, 0) is 6.42 Å². The molecular formula is C17H24OS. The molecule has 0 aromatic heterocycles. The van der Waals surface area contributed by atoms with Gasteiger partial charge in [-0.25, -0.2) is 0 Å². The molecule has 1 nitrogen and oxygen atoms in total. The summed E-state index contributed by atoms with van der Waals surface area (Å²) in [4.78, 5) is 0. The Hall–Kier alpha value is -1.15. The number of hydrogen-bond donors (Lipinski definition) is 0. The number of methoxy groups -OCH3 is 1. The van der Waals surface area contributed by atoms with Gasteiger partial charge < -0.3 is 4.74 Å². The van der Waals surface area contributed by atoms with Crippen molar-refractivity contribution in [1.82, 2.24) is 0 Å². The lowest BCUT2D eigenvalue weighted by Crippen LogP contribution is -1.96. The van der Waals surface area contributed by atoms with Crippen molar-refractivity contribution in [1.29, 1.82) is 0 Å².